The highest BCUT2D eigenvalue weighted by Crippen LogP contribution is 2.23. The van der Waals surface area contributed by atoms with Crippen LogP contribution in [0.25, 0.3) is 0 Å². The molecule has 0 bridgehead atoms. The normalized spacial score (nSPS) is 16.0. The molecule has 0 aromatic heterocycles. The van der Waals surface area contributed by atoms with Crippen molar-refractivity contribution < 1.29 is 14.7 Å². The Morgan fingerprint density at radius 3 is 2.10 bits per heavy atom. The molecule has 4 N–H and O–H groups in total. The fourth-order valence-corrected chi connectivity index (χ4v) is 2.19. The number of carboxylic acids is 1. The third-order valence-electron chi connectivity index (χ3n) is 3.83. The summed E-state index contributed by atoms with van der Waals surface area (Å²) in [6, 6.07) is -0.519. The number of amides is 1. The molecule has 0 aliphatic rings. The lowest BCUT2D eigenvalue weighted by Crippen LogP contribution is -2.44. The van der Waals surface area contributed by atoms with Gasteiger partial charge in [-0.05, 0) is 30.1 Å². The van der Waals surface area contributed by atoms with Gasteiger partial charge in [0.2, 0.25) is 5.91 Å². The van der Waals surface area contributed by atoms with E-state index in [4.69, 9.17) is 10.8 Å². The molecule has 118 valence electrons. The predicted octanol–water partition coefficient (Wildman–Crippen LogP) is 1.86. The Hall–Kier alpha value is -1.10. The van der Waals surface area contributed by atoms with E-state index in [9.17, 15) is 9.59 Å². The van der Waals surface area contributed by atoms with Crippen molar-refractivity contribution in [2.45, 2.75) is 53.5 Å². The molecule has 20 heavy (non-hydrogen) atoms. The highest BCUT2D eigenvalue weighted by molar-refractivity contribution is 5.81. The molecule has 0 aliphatic heterocycles. The molecule has 3 atom stereocenters. The molecule has 0 radical (unpaired) electrons. The zero-order chi connectivity index (χ0) is 15.9. The molecule has 0 spiro atoms. The number of carboxylic acid groups (broad SMARTS) is 1. The van der Waals surface area contributed by atoms with Crippen LogP contribution >= 0.6 is 0 Å². The van der Waals surface area contributed by atoms with Crippen molar-refractivity contribution in [3.8, 4) is 0 Å². The van der Waals surface area contributed by atoms with Crippen LogP contribution in [0.1, 0.15) is 47.5 Å². The van der Waals surface area contributed by atoms with Crippen molar-refractivity contribution in [1.29, 1.82) is 0 Å². The summed E-state index contributed by atoms with van der Waals surface area (Å²) in [4.78, 5) is 22.8. The maximum atomic E-state index is 11.9. The van der Waals surface area contributed by atoms with Crippen LogP contribution in [0.3, 0.4) is 0 Å². The SMILES string of the molecule is CC(C)C[C@H](N)C(=O)NC[C@H](CC(=O)O)[C@H](C)C(C)C. The first-order valence-electron chi connectivity index (χ1n) is 7.40. The van der Waals surface area contributed by atoms with E-state index in [1.165, 1.54) is 0 Å². The summed E-state index contributed by atoms with van der Waals surface area (Å²) in [5.74, 6) is -0.121. The molecule has 0 saturated heterocycles. The Labute approximate surface area is 122 Å². The molecule has 0 aliphatic carbocycles. The molecule has 0 fully saturated rings. The second-order valence-corrected chi connectivity index (χ2v) is 6.44. The molecular formula is C15H30N2O3. The van der Waals surface area contributed by atoms with E-state index in [1.54, 1.807) is 0 Å². The Morgan fingerprint density at radius 2 is 1.70 bits per heavy atom. The van der Waals surface area contributed by atoms with Crippen LogP contribution in [0.5, 0.6) is 0 Å². The van der Waals surface area contributed by atoms with Crippen molar-refractivity contribution in [1.82, 2.24) is 5.32 Å². The Morgan fingerprint density at radius 1 is 1.15 bits per heavy atom. The third kappa shape index (κ3) is 7.48. The summed E-state index contributed by atoms with van der Waals surface area (Å²) in [7, 11) is 0. The summed E-state index contributed by atoms with van der Waals surface area (Å²) < 4.78 is 0. The molecule has 0 heterocycles. The molecule has 0 aromatic rings. The van der Waals surface area contributed by atoms with E-state index in [-0.39, 0.29) is 24.2 Å². The maximum Gasteiger partial charge on any atom is 0.303 e. The van der Waals surface area contributed by atoms with Gasteiger partial charge < -0.3 is 16.2 Å². The Kier molecular flexibility index (Phi) is 8.46. The van der Waals surface area contributed by atoms with Crippen LogP contribution in [0.2, 0.25) is 0 Å². The summed E-state index contributed by atoms with van der Waals surface area (Å²) >= 11 is 0. The molecule has 1 amide bonds. The van der Waals surface area contributed by atoms with E-state index in [2.05, 4.69) is 19.2 Å². The second-order valence-electron chi connectivity index (χ2n) is 6.44. The lowest BCUT2D eigenvalue weighted by Gasteiger charge is -2.26. The zero-order valence-electron chi connectivity index (χ0n) is 13.3. The van der Waals surface area contributed by atoms with Crippen LogP contribution < -0.4 is 11.1 Å². The first-order chi connectivity index (χ1) is 9.15. The van der Waals surface area contributed by atoms with Gasteiger partial charge in [-0.15, -0.1) is 0 Å². The van der Waals surface area contributed by atoms with E-state index < -0.39 is 12.0 Å². The first-order valence-corrected chi connectivity index (χ1v) is 7.40. The number of nitrogens with one attached hydrogen (secondary N) is 1. The van der Waals surface area contributed by atoms with Crippen molar-refractivity contribution in [2.75, 3.05) is 6.54 Å². The largest absolute Gasteiger partial charge is 0.481 e. The van der Waals surface area contributed by atoms with Gasteiger partial charge in [-0.3, -0.25) is 9.59 Å². The van der Waals surface area contributed by atoms with E-state index in [1.807, 2.05) is 20.8 Å². The van der Waals surface area contributed by atoms with E-state index in [0.29, 0.717) is 24.8 Å². The van der Waals surface area contributed by atoms with Gasteiger partial charge in [0.1, 0.15) is 0 Å². The second kappa shape index (κ2) is 8.95. The van der Waals surface area contributed by atoms with Gasteiger partial charge in [-0.2, -0.15) is 0 Å². The minimum Gasteiger partial charge on any atom is -0.481 e. The van der Waals surface area contributed by atoms with Gasteiger partial charge in [-0.25, -0.2) is 0 Å². The number of carbonyl (C=O) groups excluding carboxylic acids is 1. The molecular weight excluding hydrogens is 256 g/mol. The summed E-state index contributed by atoms with van der Waals surface area (Å²) in [6.07, 6.45) is 0.703. The standard InChI is InChI=1S/C15H30N2O3/c1-9(2)6-13(16)15(20)17-8-12(7-14(18)19)11(5)10(3)4/h9-13H,6-8,16H2,1-5H3,(H,17,20)(H,18,19)/t11-,12+,13+/m1/s1. The number of hydrogen-bond acceptors (Lipinski definition) is 3. The van der Waals surface area contributed by atoms with Gasteiger partial charge in [0.25, 0.3) is 0 Å². The molecule has 5 heteroatoms. The first kappa shape index (κ1) is 18.9. The smallest absolute Gasteiger partial charge is 0.303 e. The molecule has 0 saturated carbocycles. The number of rotatable bonds is 9. The number of nitrogens with two attached hydrogens (primary N) is 1. The third-order valence-corrected chi connectivity index (χ3v) is 3.83. The quantitative estimate of drug-likeness (QED) is 0.603. The summed E-state index contributed by atoms with van der Waals surface area (Å²) in [6.45, 7) is 10.6. The monoisotopic (exact) mass is 286 g/mol. The topological polar surface area (TPSA) is 92.4 Å². The molecule has 0 rings (SSSR count). The number of hydrogen-bond donors (Lipinski definition) is 3. The fourth-order valence-electron chi connectivity index (χ4n) is 2.19. The minimum absolute atomic E-state index is 0.0669. The lowest BCUT2D eigenvalue weighted by atomic mass is 9.83. The van der Waals surface area contributed by atoms with Crippen molar-refractivity contribution in [3.05, 3.63) is 0 Å². The zero-order valence-corrected chi connectivity index (χ0v) is 13.3. The Bertz CT molecular complexity index is 316. The van der Waals surface area contributed by atoms with Crippen LogP contribution in [-0.4, -0.2) is 29.6 Å². The molecule has 5 nitrogen and oxygen atoms in total. The van der Waals surface area contributed by atoms with Crippen LogP contribution in [0.4, 0.5) is 0 Å². The van der Waals surface area contributed by atoms with Crippen molar-refractivity contribution in [2.24, 2.45) is 29.4 Å². The van der Waals surface area contributed by atoms with E-state index >= 15 is 0 Å². The van der Waals surface area contributed by atoms with Gasteiger partial charge in [0, 0.05) is 6.54 Å². The maximum absolute atomic E-state index is 11.9. The number of aliphatic carboxylic acids is 1. The van der Waals surface area contributed by atoms with Crippen LogP contribution in [0, 0.1) is 23.7 Å². The predicted molar refractivity (Wildman–Crippen MR) is 80.2 cm³/mol. The van der Waals surface area contributed by atoms with Crippen molar-refractivity contribution >= 4 is 11.9 Å². The number of carbonyl (C=O) groups is 2. The van der Waals surface area contributed by atoms with Gasteiger partial charge in [0.15, 0.2) is 0 Å². The summed E-state index contributed by atoms with van der Waals surface area (Å²) in [5.41, 5.74) is 5.81. The van der Waals surface area contributed by atoms with Gasteiger partial charge in [0.05, 0.1) is 12.5 Å². The van der Waals surface area contributed by atoms with Crippen LogP contribution in [-0.2, 0) is 9.59 Å². The van der Waals surface area contributed by atoms with E-state index in [0.717, 1.165) is 0 Å². The van der Waals surface area contributed by atoms with Crippen LogP contribution in [0.15, 0.2) is 0 Å². The molecule has 0 aromatic carbocycles. The molecule has 0 unspecified atom stereocenters. The van der Waals surface area contributed by atoms with Gasteiger partial charge >= 0.3 is 5.97 Å². The lowest BCUT2D eigenvalue weighted by molar-refractivity contribution is -0.139. The highest BCUT2D eigenvalue weighted by Gasteiger charge is 2.24. The minimum atomic E-state index is -0.830. The van der Waals surface area contributed by atoms with Gasteiger partial charge in [-0.1, -0.05) is 34.6 Å². The summed E-state index contributed by atoms with van der Waals surface area (Å²) in [5, 5.41) is 11.8. The Balaban J connectivity index is 4.45. The average molecular weight is 286 g/mol. The highest BCUT2D eigenvalue weighted by atomic mass is 16.4. The fraction of sp³-hybridized carbons (Fsp3) is 0.867. The average Bonchev–Trinajstić information content (AvgIpc) is 2.31. The van der Waals surface area contributed by atoms with Crippen molar-refractivity contribution in [3.63, 3.8) is 0 Å².